The van der Waals surface area contributed by atoms with Crippen molar-refractivity contribution in [3.05, 3.63) is 42.5 Å². The highest BCUT2D eigenvalue weighted by atomic mass is 16.6. The first-order chi connectivity index (χ1) is 11.0. The third kappa shape index (κ3) is 4.25. The number of carbonyl (C=O) groups is 2. The Hall–Kier alpha value is -2.50. The Morgan fingerprint density at radius 1 is 1.13 bits per heavy atom. The largest absolute Gasteiger partial charge is 0.445 e. The summed E-state index contributed by atoms with van der Waals surface area (Å²) in [7, 11) is 3.92. The Kier molecular flexibility index (Phi) is 5.62. The number of rotatable bonds is 4. The molecule has 124 valence electrons. The summed E-state index contributed by atoms with van der Waals surface area (Å²) in [5.74, 6) is -0.00517. The minimum atomic E-state index is -0.354. The monoisotopic (exact) mass is 317 g/mol. The predicted molar refractivity (Wildman–Crippen MR) is 89.8 cm³/mol. The van der Waals surface area contributed by atoms with Gasteiger partial charge < -0.3 is 19.4 Å². The highest BCUT2D eigenvalue weighted by Crippen LogP contribution is 2.15. The maximum absolute atomic E-state index is 12.5. The minimum absolute atomic E-state index is 0.00517. The Morgan fingerprint density at radius 2 is 1.70 bits per heavy atom. The van der Waals surface area contributed by atoms with Crippen LogP contribution in [0.2, 0.25) is 0 Å². The van der Waals surface area contributed by atoms with Crippen molar-refractivity contribution < 1.29 is 14.3 Å². The molecule has 0 atom stereocenters. The number of benzene rings is 1. The summed E-state index contributed by atoms with van der Waals surface area (Å²) in [5.41, 5.74) is 1.72. The molecule has 0 aromatic heterocycles. The van der Waals surface area contributed by atoms with E-state index in [-0.39, 0.29) is 18.6 Å². The molecule has 0 aliphatic carbocycles. The summed E-state index contributed by atoms with van der Waals surface area (Å²) in [6.45, 7) is 5.71. The summed E-state index contributed by atoms with van der Waals surface area (Å²) in [6, 6.07) is 7.52. The van der Waals surface area contributed by atoms with Gasteiger partial charge in [0.1, 0.15) is 6.61 Å². The lowest BCUT2D eigenvalue weighted by molar-refractivity contribution is 0.0581. The Morgan fingerprint density at radius 3 is 2.22 bits per heavy atom. The number of ether oxygens (including phenoxy) is 1. The van der Waals surface area contributed by atoms with Gasteiger partial charge in [-0.25, -0.2) is 4.79 Å². The third-order valence-electron chi connectivity index (χ3n) is 3.78. The first kappa shape index (κ1) is 16.9. The maximum Gasteiger partial charge on any atom is 0.410 e. The zero-order valence-corrected chi connectivity index (χ0v) is 13.7. The van der Waals surface area contributed by atoms with Gasteiger partial charge in [0.25, 0.3) is 5.91 Å². The van der Waals surface area contributed by atoms with Gasteiger partial charge in [0.05, 0.1) is 0 Å². The van der Waals surface area contributed by atoms with E-state index in [0.29, 0.717) is 31.7 Å². The lowest BCUT2D eigenvalue weighted by atomic mass is 10.1. The van der Waals surface area contributed by atoms with Crippen molar-refractivity contribution in [2.45, 2.75) is 0 Å². The Labute approximate surface area is 136 Å². The van der Waals surface area contributed by atoms with Crippen LogP contribution in [0.25, 0.3) is 0 Å². The molecule has 0 unspecified atom stereocenters. The van der Waals surface area contributed by atoms with Gasteiger partial charge in [-0.05, 0) is 24.3 Å². The van der Waals surface area contributed by atoms with Crippen molar-refractivity contribution in [1.29, 1.82) is 0 Å². The van der Waals surface area contributed by atoms with Crippen LogP contribution in [0.15, 0.2) is 36.9 Å². The molecule has 23 heavy (non-hydrogen) atoms. The lowest BCUT2D eigenvalue weighted by Crippen LogP contribution is -2.50. The van der Waals surface area contributed by atoms with Crippen molar-refractivity contribution >= 4 is 17.7 Å². The average molecular weight is 317 g/mol. The van der Waals surface area contributed by atoms with Gasteiger partial charge in [0.2, 0.25) is 0 Å². The summed E-state index contributed by atoms with van der Waals surface area (Å²) in [5, 5.41) is 0. The second-order valence-corrected chi connectivity index (χ2v) is 5.59. The van der Waals surface area contributed by atoms with E-state index in [9.17, 15) is 9.59 Å². The zero-order valence-electron chi connectivity index (χ0n) is 13.7. The Balaban J connectivity index is 1.90. The molecule has 1 aromatic carbocycles. The van der Waals surface area contributed by atoms with Crippen LogP contribution in [0, 0.1) is 0 Å². The SMILES string of the molecule is C=CCOC(=O)N1CCN(C(=O)c2ccc(N(C)C)cc2)CC1. The quantitative estimate of drug-likeness (QED) is 0.795. The number of nitrogens with zero attached hydrogens (tertiary/aromatic N) is 3. The smallest absolute Gasteiger partial charge is 0.410 e. The second-order valence-electron chi connectivity index (χ2n) is 5.59. The molecule has 0 bridgehead atoms. The molecule has 1 aliphatic rings. The zero-order chi connectivity index (χ0) is 16.8. The highest BCUT2D eigenvalue weighted by Gasteiger charge is 2.25. The van der Waals surface area contributed by atoms with Crippen LogP contribution in [-0.4, -0.2) is 68.7 Å². The van der Waals surface area contributed by atoms with Crippen molar-refractivity contribution in [2.24, 2.45) is 0 Å². The fourth-order valence-electron chi connectivity index (χ4n) is 2.40. The summed E-state index contributed by atoms with van der Waals surface area (Å²) in [4.78, 5) is 29.6. The van der Waals surface area contributed by atoms with Crippen molar-refractivity contribution in [3.63, 3.8) is 0 Å². The minimum Gasteiger partial charge on any atom is -0.445 e. The van der Waals surface area contributed by atoms with Gasteiger partial charge in [-0.1, -0.05) is 12.7 Å². The van der Waals surface area contributed by atoms with Crippen LogP contribution in [-0.2, 0) is 4.74 Å². The van der Waals surface area contributed by atoms with Gasteiger partial charge in [0.15, 0.2) is 0 Å². The highest BCUT2D eigenvalue weighted by molar-refractivity contribution is 5.94. The van der Waals surface area contributed by atoms with Crippen LogP contribution in [0.3, 0.4) is 0 Å². The van der Waals surface area contributed by atoms with Crippen LogP contribution in [0.5, 0.6) is 0 Å². The molecule has 0 N–H and O–H groups in total. The van der Waals surface area contributed by atoms with E-state index in [0.717, 1.165) is 5.69 Å². The fraction of sp³-hybridized carbons (Fsp3) is 0.412. The van der Waals surface area contributed by atoms with Gasteiger partial charge in [-0.2, -0.15) is 0 Å². The van der Waals surface area contributed by atoms with Gasteiger partial charge in [-0.15, -0.1) is 0 Å². The molecule has 6 nitrogen and oxygen atoms in total. The van der Waals surface area contributed by atoms with Crippen molar-refractivity contribution in [2.75, 3.05) is 51.8 Å². The van der Waals surface area contributed by atoms with E-state index in [4.69, 9.17) is 4.74 Å². The molecule has 2 rings (SSSR count). The molecular formula is C17H23N3O3. The standard InChI is InChI=1S/C17H23N3O3/c1-4-13-23-17(22)20-11-9-19(10-12-20)16(21)14-5-7-15(8-6-14)18(2)3/h4-8H,1,9-13H2,2-3H3. The summed E-state index contributed by atoms with van der Waals surface area (Å²) >= 11 is 0. The normalized spacial score (nSPS) is 14.3. The molecule has 2 amide bonds. The number of amides is 2. The average Bonchev–Trinajstić information content (AvgIpc) is 2.59. The number of anilines is 1. The molecule has 1 fully saturated rings. The number of carbonyl (C=O) groups excluding carboxylic acids is 2. The van der Waals surface area contributed by atoms with Crippen LogP contribution >= 0.6 is 0 Å². The molecule has 0 spiro atoms. The topological polar surface area (TPSA) is 53.1 Å². The van der Waals surface area contributed by atoms with Crippen LogP contribution in [0.1, 0.15) is 10.4 Å². The van der Waals surface area contributed by atoms with Gasteiger partial charge in [0, 0.05) is 51.5 Å². The molecule has 0 saturated carbocycles. The number of hydrogen-bond donors (Lipinski definition) is 0. The summed E-state index contributed by atoms with van der Waals surface area (Å²) in [6.07, 6.45) is 1.18. The first-order valence-electron chi connectivity index (χ1n) is 7.62. The predicted octanol–water partition coefficient (Wildman–Crippen LogP) is 1.83. The van der Waals surface area contributed by atoms with Crippen molar-refractivity contribution in [1.82, 2.24) is 9.80 Å². The molecule has 1 heterocycles. The lowest BCUT2D eigenvalue weighted by Gasteiger charge is -2.34. The van der Waals surface area contributed by atoms with Crippen LogP contribution < -0.4 is 4.90 Å². The molecular weight excluding hydrogens is 294 g/mol. The third-order valence-corrected chi connectivity index (χ3v) is 3.78. The van der Waals surface area contributed by atoms with Crippen LogP contribution in [0.4, 0.5) is 10.5 Å². The van der Waals surface area contributed by atoms with E-state index in [1.54, 1.807) is 9.80 Å². The molecule has 0 radical (unpaired) electrons. The maximum atomic E-state index is 12.5. The molecule has 1 aromatic rings. The first-order valence-corrected chi connectivity index (χ1v) is 7.62. The van der Waals surface area contributed by atoms with Crippen molar-refractivity contribution in [3.8, 4) is 0 Å². The molecule has 1 aliphatic heterocycles. The second kappa shape index (κ2) is 7.67. The molecule has 6 heteroatoms. The number of hydrogen-bond acceptors (Lipinski definition) is 4. The Bertz CT molecular complexity index is 561. The van der Waals surface area contributed by atoms with E-state index < -0.39 is 0 Å². The van der Waals surface area contributed by atoms with E-state index >= 15 is 0 Å². The van der Waals surface area contributed by atoms with E-state index in [2.05, 4.69) is 6.58 Å². The van der Waals surface area contributed by atoms with E-state index in [1.807, 2.05) is 43.3 Å². The van der Waals surface area contributed by atoms with Gasteiger partial charge in [-0.3, -0.25) is 4.79 Å². The number of piperazine rings is 1. The summed E-state index contributed by atoms with van der Waals surface area (Å²) < 4.78 is 5.01. The van der Waals surface area contributed by atoms with Gasteiger partial charge >= 0.3 is 6.09 Å². The molecule has 1 saturated heterocycles. The fourth-order valence-corrected chi connectivity index (χ4v) is 2.40. The van der Waals surface area contributed by atoms with E-state index in [1.165, 1.54) is 6.08 Å².